The molecular weight excluding hydrogens is 436 g/mol. The summed E-state index contributed by atoms with van der Waals surface area (Å²) in [6, 6.07) is 16.8. The molecule has 0 aliphatic carbocycles. The summed E-state index contributed by atoms with van der Waals surface area (Å²) in [4.78, 5) is 25.1. The third kappa shape index (κ3) is 5.95. The van der Waals surface area contributed by atoms with Crippen LogP contribution in [0.4, 0.5) is 0 Å². The predicted molar refractivity (Wildman–Crippen MR) is 128 cm³/mol. The van der Waals surface area contributed by atoms with Gasteiger partial charge in [-0.05, 0) is 67.1 Å². The normalized spacial score (nSPS) is 10.6. The third-order valence-electron chi connectivity index (χ3n) is 4.87. The molecule has 3 rings (SSSR count). The molecule has 0 fully saturated rings. The smallest absolute Gasteiger partial charge is 0.343 e. The van der Waals surface area contributed by atoms with Crippen LogP contribution in [-0.4, -0.2) is 39.7 Å². The first-order valence-corrected chi connectivity index (χ1v) is 10.6. The van der Waals surface area contributed by atoms with Gasteiger partial charge >= 0.3 is 5.97 Å². The van der Waals surface area contributed by atoms with Crippen LogP contribution in [0, 0.1) is 0 Å². The Balaban J connectivity index is 1.67. The number of ether oxygens (including phenoxy) is 5. The number of esters is 1. The van der Waals surface area contributed by atoms with Crippen LogP contribution >= 0.6 is 0 Å². The van der Waals surface area contributed by atoms with E-state index in [2.05, 4.69) is 0 Å². The second kappa shape index (κ2) is 11.6. The Kier molecular flexibility index (Phi) is 8.29. The molecule has 0 heterocycles. The number of carbonyl (C=O) groups excluding carboxylic acids is 2. The molecule has 0 bridgehead atoms. The number of rotatable bonds is 10. The van der Waals surface area contributed by atoms with Crippen molar-refractivity contribution in [3.05, 3.63) is 83.4 Å². The number of benzene rings is 3. The molecule has 0 aliphatic heterocycles. The fourth-order valence-corrected chi connectivity index (χ4v) is 3.16. The molecule has 7 heteroatoms. The zero-order valence-corrected chi connectivity index (χ0v) is 19.5. The van der Waals surface area contributed by atoms with Crippen LogP contribution in [0.25, 0.3) is 6.08 Å². The van der Waals surface area contributed by atoms with Crippen LogP contribution in [0.2, 0.25) is 0 Å². The van der Waals surface area contributed by atoms with Gasteiger partial charge in [0.15, 0.2) is 17.3 Å². The van der Waals surface area contributed by atoms with Gasteiger partial charge in [-0.3, -0.25) is 4.79 Å². The highest BCUT2D eigenvalue weighted by Crippen LogP contribution is 2.38. The molecular formula is C27H26O7. The van der Waals surface area contributed by atoms with Crippen molar-refractivity contribution in [1.82, 2.24) is 0 Å². The standard InChI is InChI=1S/C27H26O7/c1-5-33-21-11-6-18(7-12-21)8-15-23(28)19-9-13-22(14-10-19)34-27(29)20-16-24(30-2)26(32-4)25(17-20)31-3/h6-17H,5H2,1-4H3. The van der Waals surface area contributed by atoms with E-state index in [9.17, 15) is 9.59 Å². The lowest BCUT2D eigenvalue weighted by Crippen LogP contribution is -2.10. The topological polar surface area (TPSA) is 80.3 Å². The van der Waals surface area contributed by atoms with E-state index < -0.39 is 5.97 Å². The maximum absolute atomic E-state index is 12.6. The third-order valence-corrected chi connectivity index (χ3v) is 4.87. The maximum Gasteiger partial charge on any atom is 0.343 e. The summed E-state index contributed by atoms with van der Waals surface area (Å²) in [5.41, 5.74) is 1.58. The van der Waals surface area contributed by atoms with Gasteiger partial charge in [0.25, 0.3) is 0 Å². The molecule has 0 amide bonds. The first-order valence-electron chi connectivity index (χ1n) is 10.6. The van der Waals surface area contributed by atoms with Gasteiger partial charge in [0.05, 0.1) is 33.5 Å². The van der Waals surface area contributed by atoms with E-state index in [4.69, 9.17) is 23.7 Å². The maximum atomic E-state index is 12.6. The highest BCUT2D eigenvalue weighted by atomic mass is 16.5. The molecule has 34 heavy (non-hydrogen) atoms. The number of ketones is 1. The van der Waals surface area contributed by atoms with E-state index in [1.54, 1.807) is 30.3 Å². The molecule has 176 valence electrons. The Hall–Kier alpha value is -4.26. The zero-order valence-electron chi connectivity index (χ0n) is 19.5. The van der Waals surface area contributed by atoms with Gasteiger partial charge in [0.2, 0.25) is 5.75 Å². The monoisotopic (exact) mass is 462 g/mol. The van der Waals surface area contributed by atoms with Crippen LogP contribution in [0.5, 0.6) is 28.7 Å². The van der Waals surface area contributed by atoms with Crippen LogP contribution in [0.3, 0.4) is 0 Å². The van der Waals surface area contributed by atoms with Gasteiger partial charge < -0.3 is 23.7 Å². The van der Waals surface area contributed by atoms with E-state index in [-0.39, 0.29) is 11.3 Å². The van der Waals surface area contributed by atoms with E-state index >= 15 is 0 Å². The number of carbonyl (C=O) groups is 2. The Morgan fingerprint density at radius 1 is 0.765 bits per heavy atom. The molecule has 7 nitrogen and oxygen atoms in total. The van der Waals surface area contributed by atoms with Crippen molar-refractivity contribution in [2.24, 2.45) is 0 Å². The minimum absolute atomic E-state index is 0.170. The van der Waals surface area contributed by atoms with Crippen LogP contribution < -0.4 is 23.7 Å². The highest BCUT2D eigenvalue weighted by Gasteiger charge is 2.18. The fourth-order valence-electron chi connectivity index (χ4n) is 3.16. The Labute approximate surface area is 198 Å². The van der Waals surface area contributed by atoms with Crippen molar-refractivity contribution in [3.63, 3.8) is 0 Å². The molecule has 0 unspecified atom stereocenters. The summed E-state index contributed by atoms with van der Waals surface area (Å²) in [5, 5.41) is 0. The first kappa shape index (κ1) is 24.4. The number of allylic oxidation sites excluding steroid dienone is 1. The fraction of sp³-hybridized carbons (Fsp3) is 0.185. The Bertz CT molecular complexity index is 1140. The SMILES string of the molecule is CCOc1ccc(C=CC(=O)c2ccc(OC(=O)c3cc(OC)c(OC)c(OC)c3)cc2)cc1. The van der Waals surface area contributed by atoms with E-state index in [0.717, 1.165) is 11.3 Å². The van der Waals surface area contributed by atoms with Crippen molar-refractivity contribution in [3.8, 4) is 28.7 Å². The minimum atomic E-state index is -0.603. The van der Waals surface area contributed by atoms with Crippen LogP contribution in [-0.2, 0) is 0 Å². The molecule has 0 N–H and O–H groups in total. The van der Waals surface area contributed by atoms with Crippen molar-refractivity contribution in [2.45, 2.75) is 6.92 Å². The van der Waals surface area contributed by atoms with Crippen molar-refractivity contribution in [1.29, 1.82) is 0 Å². The van der Waals surface area contributed by atoms with Crippen LogP contribution in [0.15, 0.2) is 66.7 Å². The second-order valence-electron chi connectivity index (χ2n) is 7.03. The van der Waals surface area contributed by atoms with Gasteiger partial charge in [-0.15, -0.1) is 0 Å². The first-order chi connectivity index (χ1) is 16.5. The van der Waals surface area contributed by atoms with Gasteiger partial charge in [0, 0.05) is 5.56 Å². The lowest BCUT2D eigenvalue weighted by Gasteiger charge is -2.13. The van der Waals surface area contributed by atoms with Gasteiger partial charge in [-0.1, -0.05) is 18.2 Å². The van der Waals surface area contributed by atoms with E-state index in [0.29, 0.717) is 35.2 Å². The summed E-state index contributed by atoms with van der Waals surface area (Å²) in [5.74, 6) is 1.37. The quantitative estimate of drug-likeness (QED) is 0.177. The minimum Gasteiger partial charge on any atom is -0.494 e. The molecule has 0 atom stereocenters. The number of hydrogen-bond acceptors (Lipinski definition) is 7. The van der Waals surface area contributed by atoms with Crippen molar-refractivity contribution >= 4 is 17.8 Å². The lowest BCUT2D eigenvalue weighted by molar-refractivity contribution is 0.0733. The van der Waals surface area contributed by atoms with Gasteiger partial charge in [-0.2, -0.15) is 0 Å². The highest BCUT2D eigenvalue weighted by molar-refractivity contribution is 6.06. The van der Waals surface area contributed by atoms with Gasteiger partial charge in [-0.25, -0.2) is 4.79 Å². The van der Waals surface area contributed by atoms with E-state index in [1.807, 2.05) is 31.2 Å². The molecule has 0 aromatic heterocycles. The molecule has 0 aliphatic rings. The second-order valence-corrected chi connectivity index (χ2v) is 7.03. The van der Waals surface area contributed by atoms with Gasteiger partial charge in [0.1, 0.15) is 11.5 Å². The molecule has 3 aromatic carbocycles. The lowest BCUT2D eigenvalue weighted by atomic mass is 10.1. The average Bonchev–Trinajstić information content (AvgIpc) is 2.87. The summed E-state index contributed by atoms with van der Waals surface area (Å²) in [6.07, 6.45) is 3.23. The Morgan fingerprint density at radius 2 is 1.35 bits per heavy atom. The average molecular weight is 462 g/mol. The molecule has 0 saturated heterocycles. The molecule has 0 radical (unpaired) electrons. The summed E-state index contributed by atoms with van der Waals surface area (Å²) in [6.45, 7) is 2.52. The molecule has 0 saturated carbocycles. The molecule has 0 spiro atoms. The number of hydrogen-bond donors (Lipinski definition) is 0. The van der Waals surface area contributed by atoms with E-state index in [1.165, 1.54) is 39.5 Å². The Morgan fingerprint density at radius 3 is 1.88 bits per heavy atom. The zero-order chi connectivity index (χ0) is 24.5. The summed E-state index contributed by atoms with van der Waals surface area (Å²) < 4.78 is 26.7. The van der Waals surface area contributed by atoms with Crippen molar-refractivity contribution in [2.75, 3.05) is 27.9 Å². The van der Waals surface area contributed by atoms with Crippen molar-refractivity contribution < 1.29 is 33.3 Å². The van der Waals surface area contributed by atoms with Crippen LogP contribution in [0.1, 0.15) is 33.2 Å². The summed E-state index contributed by atoms with van der Waals surface area (Å²) >= 11 is 0. The largest absolute Gasteiger partial charge is 0.494 e. The molecule has 3 aromatic rings. The predicted octanol–water partition coefficient (Wildman–Crippen LogP) is 5.23. The summed E-state index contributed by atoms with van der Waals surface area (Å²) in [7, 11) is 4.41. The number of methoxy groups -OCH3 is 3.